The van der Waals surface area contributed by atoms with Crippen molar-refractivity contribution < 1.29 is 0 Å². The molecular formula is C47H33NS. The Balaban J connectivity index is 1.28. The third-order valence-electron chi connectivity index (χ3n) is 10.6. The van der Waals surface area contributed by atoms with E-state index in [9.17, 15) is 0 Å². The van der Waals surface area contributed by atoms with Crippen LogP contribution in [0.3, 0.4) is 0 Å². The Kier molecular flexibility index (Phi) is 6.16. The molecule has 0 radical (unpaired) electrons. The van der Waals surface area contributed by atoms with Gasteiger partial charge >= 0.3 is 0 Å². The summed E-state index contributed by atoms with van der Waals surface area (Å²) < 4.78 is 2.65. The van der Waals surface area contributed by atoms with Gasteiger partial charge in [-0.1, -0.05) is 135 Å². The maximum Gasteiger partial charge on any atom is 0.0540 e. The van der Waals surface area contributed by atoms with Gasteiger partial charge in [0.2, 0.25) is 0 Å². The van der Waals surface area contributed by atoms with E-state index >= 15 is 0 Å². The van der Waals surface area contributed by atoms with E-state index in [1.807, 2.05) is 11.3 Å². The van der Waals surface area contributed by atoms with Crippen molar-refractivity contribution >= 4 is 70.1 Å². The first kappa shape index (κ1) is 28.3. The molecule has 1 nitrogen and oxygen atoms in total. The zero-order valence-electron chi connectivity index (χ0n) is 27.4. The quantitative estimate of drug-likeness (QED) is 0.184. The van der Waals surface area contributed by atoms with Gasteiger partial charge in [-0.25, -0.2) is 0 Å². The number of thiophene rings is 1. The summed E-state index contributed by atoms with van der Waals surface area (Å²) in [5.74, 6) is 0. The highest BCUT2D eigenvalue weighted by Crippen LogP contribution is 2.52. The summed E-state index contributed by atoms with van der Waals surface area (Å²) in [6.07, 6.45) is 0. The fraction of sp³-hybridized carbons (Fsp3) is 0.0638. The van der Waals surface area contributed by atoms with Crippen LogP contribution in [0.4, 0.5) is 17.1 Å². The van der Waals surface area contributed by atoms with Crippen LogP contribution >= 0.6 is 11.3 Å². The predicted octanol–water partition coefficient (Wildman–Crippen LogP) is 13.8. The highest BCUT2D eigenvalue weighted by atomic mass is 32.1. The van der Waals surface area contributed by atoms with Crippen LogP contribution in [0.2, 0.25) is 0 Å². The average molecular weight is 644 g/mol. The van der Waals surface area contributed by atoms with Crippen LogP contribution in [0.25, 0.3) is 64.0 Å². The summed E-state index contributed by atoms with van der Waals surface area (Å²) in [7, 11) is 0. The molecule has 1 aliphatic rings. The Hall–Kier alpha value is -5.70. The molecule has 8 aromatic carbocycles. The van der Waals surface area contributed by atoms with Crippen molar-refractivity contribution in [2.75, 3.05) is 4.90 Å². The van der Waals surface area contributed by atoms with E-state index in [4.69, 9.17) is 0 Å². The number of rotatable bonds is 4. The molecule has 2 heteroatoms. The third-order valence-corrected chi connectivity index (χ3v) is 11.8. The summed E-state index contributed by atoms with van der Waals surface area (Å²) in [5.41, 5.74) is 11.3. The van der Waals surface area contributed by atoms with Crippen LogP contribution < -0.4 is 4.90 Å². The topological polar surface area (TPSA) is 3.24 Å². The van der Waals surface area contributed by atoms with Gasteiger partial charge in [-0.2, -0.15) is 0 Å². The van der Waals surface area contributed by atoms with E-state index in [0.29, 0.717) is 0 Å². The largest absolute Gasteiger partial charge is 0.309 e. The van der Waals surface area contributed by atoms with Gasteiger partial charge in [0.15, 0.2) is 0 Å². The first-order valence-electron chi connectivity index (χ1n) is 17.0. The molecule has 10 rings (SSSR count). The van der Waals surface area contributed by atoms with Gasteiger partial charge in [-0.3, -0.25) is 0 Å². The molecule has 0 bridgehead atoms. The molecule has 0 atom stereocenters. The van der Waals surface area contributed by atoms with E-state index in [-0.39, 0.29) is 5.41 Å². The molecular weight excluding hydrogens is 611 g/mol. The molecule has 0 saturated heterocycles. The van der Waals surface area contributed by atoms with Crippen molar-refractivity contribution in [2.24, 2.45) is 0 Å². The van der Waals surface area contributed by atoms with Gasteiger partial charge < -0.3 is 4.90 Å². The number of nitrogens with zero attached hydrogens (tertiary/aromatic N) is 1. The summed E-state index contributed by atoms with van der Waals surface area (Å²) >= 11 is 1.88. The van der Waals surface area contributed by atoms with Gasteiger partial charge in [0.05, 0.1) is 11.4 Å². The van der Waals surface area contributed by atoms with Crippen LogP contribution in [0.15, 0.2) is 164 Å². The van der Waals surface area contributed by atoms with Crippen molar-refractivity contribution in [3.05, 3.63) is 175 Å². The lowest BCUT2D eigenvalue weighted by Crippen LogP contribution is -2.15. The maximum absolute atomic E-state index is 2.51. The summed E-state index contributed by atoms with van der Waals surface area (Å²) in [5, 5.41) is 7.62. The lowest BCUT2D eigenvalue weighted by molar-refractivity contribution is 0.660. The summed E-state index contributed by atoms with van der Waals surface area (Å²) in [4.78, 5) is 2.51. The molecule has 232 valence electrons. The standard InChI is InChI=1S/C47H33NS/c1-47(2)41-21-8-5-17-35(41)39-28-32(25-26-42(39)47)48(43-22-9-6-18-36(43)34-20-11-14-30-13-3-4-16-33(30)34)44-23-12-15-31-27-46-40(29-38(31)44)37-19-7-10-24-45(37)49-46/h3-29H,1-2H3. The van der Waals surface area contributed by atoms with E-state index < -0.39 is 0 Å². The van der Waals surface area contributed by atoms with Gasteiger partial charge in [-0.05, 0) is 86.4 Å². The molecule has 1 aliphatic carbocycles. The lowest BCUT2D eigenvalue weighted by Gasteiger charge is -2.30. The molecule has 0 fully saturated rings. The van der Waals surface area contributed by atoms with Gasteiger partial charge in [0.1, 0.15) is 0 Å². The fourth-order valence-corrected chi connectivity index (χ4v) is 9.42. The zero-order chi connectivity index (χ0) is 32.7. The van der Waals surface area contributed by atoms with Crippen LogP contribution in [0, 0.1) is 0 Å². The van der Waals surface area contributed by atoms with Crippen molar-refractivity contribution in [2.45, 2.75) is 19.3 Å². The number of hydrogen-bond acceptors (Lipinski definition) is 2. The molecule has 0 aliphatic heterocycles. The van der Waals surface area contributed by atoms with Crippen molar-refractivity contribution in [3.63, 3.8) is 0 Å². The SMILES string of the molecule is CC1(C)c2ccccc2-c2cc(N(c3ccccc3-c3cccc4ccccc34)c3cccc4cc5sc6ccccc6c5cc34)ccc21. The average Bonchev–Trinajstić information content (AvgIpc) is 3.62. The Morgan fingerprint density at radius 2 is 1.06 bits per heavy atom. The van der Waals surface area contributed by atoms with Crippen molar-refractivity contribution in [1.29, 1.82) is 0 Å². The first-order valence-corrected chi connectivity index (χ1v) is 17.8. The normalized spacial score (nSPS) is 13.3. The highest BCUT2D eigenvalue weighted by Gasteiger charge is 2.35. The van der Waals surface area contributed by atoms with Gasteiger partial charge in [0, 0.05) is 42.2 Å². The Morgan fingerprint density at radius 1 is 0.408 bits per heavy atom. The molecule has 49 heavy (non-hydrogen) atoms. The summed E-state index contributed by atoms with van der Waals surface area (Å²) in [6, 6.07) is 60.8. The number of benzene rings is 8. The van der Waals surface area contributed by atoms with E-state index in [1.54, 1.807) is 0 Å². The van der Waals surface area contributed by atoms with E-state index in [2.05, 4.69) is 183 Å². The molecule has 1 aromatic heterocycles. The second-order valence-corrected chi connectivity index (χ2v) is 14.8. The maximum atomic E-state index is 2.51. The monoisotopic (exact) mass is 643 g/mol. The minimum absolute atomic E-state index is 0.0544. The molecule has 0 unspecified atom stereocenters. The number of hydrogen-bond donors (Lipinski definition) is 0. The lowest BCUT2D eigenvalue weighted by atomic mass is 9.82. The minimum Gasteiger partial charge on any atom is -0.309 e. The zero-order valence-corrected chi connectivity index (χ0v) is 28.3. The highest BCUT2D eigenvalue weighted by molar-refractivity contribution is 7.25. The first-order chi connectivity index (χ1) is 24.1. The van der Waals surface area contributed by atoms with Crippen LogP contribution in [0.5, 0.6) is 0 Å². The minimum atomic E-state index is -0.0544. The van der Waals surface area contributed by atoms with Crippen LogP contribution in [-0.2, 0) is 5.41 Å². The van der Waals surface area contributed by atoms with Crippen LogP contribution in [0.1, 0.15) is 25.0 Å². The third kappa shape index (κ3) is 4.24. The summed E-state index contributed by atoms with van der Waals surface area (Å²) in [6.45, 7) is 4.71. The molecule has 0 N–H and O–H groups in total. The van der Waals surface area contributed by atoms with Crippen molar-refractivity contribution in [3.8, 4) is 22.3 Å². The van der Waals surface area contributed by atoms with Crippen LogP contribution in [-0.4, -0.2) is 0 Å². The molecule has 1 heterocycles. The van der Waals surface area contributed by atoms with E-state index in [0.717, 1.165) is 11.4 Å². The van der Waals surface area contributed by atoms with Gasteiger partial charge in [-0.15, -0.1) is 11.3 Å². The number of para-hydroxylation sites is 1. The van der Waals surface area contributed by atoms with Gasteiger partial charge in [0.25, 0.3) is 0 Å². The second kappa shape index (κ2) is 10.7. The van der Waals surface area contributed by atoms with Crippen molar-refractivity contribution in [1.82, 2.24) is 0 Å². The predicted molar refractivity (Wildman–Crippen MR) is 212 cm³/mol. The smallest absolute Gasteiger partial charge is 0.0540 e. The number of anilines is 3. The molecule has 0 spiro atoms. The Labute approximate surface area is 290 Å². The second-order valence-electron chi connectivity index (χ2n) is 13.7. The Bertz CT molecular complexity index is 2760. The Morgan fingerprint density at radius 3 is 1.98 bits per heavy atom. The van der Waals surface area contributed by atoms with E-state index in [1.165, 1.54) is 80.8 Å². The molecule has 0 saturated carbocycles. The number of fused-ring (bicyclic) bond motifs is 8. The molecule has 0 amide bonds. The molecule has 9 aromatic rings. The fourth-order valence-electron chi connectivity index (χ4n) is 8.29.